The molecule has 0 unspecified atom stereocenters. The van der Waals surface area contributed by atoms with E-state index in [0.717, 1.165) is 10.9 Å². The maximum atomic E-state index is 12.8. The Balaban J connectivity index is 1.67. The van der Waals surface area contributed by atoms with Crippen molar-refractivity contribution in [3.05, 3.63) is 77.5 Å². The molecule has 1 aromatic heterocycles. The molecule has 2 heterocycles. The summed E-state index contributed by atoms with van der Waals surface area (Å²) in [6.45, 7) is 1.35. The minimum Gasteiger partial charge on any atom is -0.368 e. The zero-order valence-electron chi connectivity index (χ0n) is 16.5. The zero-order chi connectivity index (χ0) is 20.4. The standard InChI is InChI=1S/C23H23N3O3/c1-25(2)23(28)18-14-20(24-19-11-7-6-10-17(18)19)21-15-26(12-13-29-21)22(27)16-8-4-3-5-9-16/h3-11,14,21H,12-13,15H2,1-2H3/t21-/m0/s1. The Bertz CT molecular complexity index is 1050. The van der Waals surface area contributed by atoms with Crippen LogP contribution in [-0.4, -0.2) is 60.4 Å². The van der Waals surface area contributed by atoms with Gasteiger partial charge in [0.1, 0.15) is 6.10 Å². The summed E-state index contributed by atoms with van der Waals surface area (Å²) in [5.41, 5.74) is 2.65. The first-order valence-electron chi connectivity index (χ1n) is 9.62. The van der Waals surface area contributed by atoms with Gasteiger partial charge in [-0.15, -0.1) is 0 Å². The van der Waals surface area contributed by atoms with E-state index in [4.69, 9.17) is 9.72 Å². The van der Waals surface area contributed by atoms with Crippen LogP contribution in [0.1, 0.15) is 32.5 Å². The molecule has 4 rings (SSSR count). The smallest absolute Gasteiger partial charge is 0.254 e. The van der Waals surface area contributed by atoms with Crippen molar-refractivity contribution in [3.63, 3.8) is 0 Å². The van der Waals surface area contributed by atoms with Crippen LogP contribution >= 0.6 is 0 Å². The number of carbonyl (C=O) groups is 2. The first-order valence-corrected chi connectivity index (χ1v) is 9.62. The van der Waals surface area contributed by atoms with Gasteiger partial charge in [-0.25, -0.2) is 4.98 Å². The molecule has 0 spiro atoms. The van der Waals surface area contributed by atoms with Crippen LogP contribution in [0.4, 0.5) is 0 Å². The largest absolute Gasteiger partial charge is 0.368 e. The second kappa shape index (κ2) is 8.01. The molecule has 29 heavy (non-hydrogen) atoms. The van der Waals surface area contributed by atoms with E-state index in [0.29, 0.717) is 36.5 Å². The maximum absolute atomic E-state index is 12.8. The van der Waals surface area contributed by atoms with E-state index in [9.17, 15) is 9.59 Å². The number of benzene rings is 2. The molecule has 3 aromatic rings. The number of morpholine rings is 1. The SMILES string of the molecule is CN(C)C(=O)c1cc([C@@H]2CN(C(=O)c3ccccc3)CCO2)nc2ccccc12. The minimum atomic E-state index is -0.380. The summed E-state index contributed by atoms with van der Waals surface area (Å²) in [5, 5.41) is 0.808. The Morgan fingerprint density at radius 3 is 2.55 bits per heavy atom. The number of rotatable bonds is 3. The van der Waals surface area contributed by atoms with Gasteiger partial charge in [0.15, 0.2) is 0 Å². The predicted octanol–water partition coefficient (Wildman–Crippen LogP) is 3.15. The van der Waals surface area contributed by atoms with Crippen molar-refractivity contribution in [2.24, 2.45) is 0 Å². The summed E-state index contributed by atoms with van der Waals surface area (Å²) >= 11 is 0. The molecule has 1 aliphatic rings. The highest BCUT2D eigenvalue weighted by molar-refractivity contribution is 6.06. The molecule has 0 radical (unpaired) electrons. The fraction of sp³-hybridized carbons (Fsp3) is 0.261. The van der Waals surface area contributed by atoms with Crippen molar-refractivity contribution < 1.29 is 14.3 Å². The Hall–Kier alpha value is -3.25. The number of hydrogen-bond acceptors (Lipinski definition) is 4. The third-order valence-corrected chi connectivity index (χ3v) is 5.08. The Kier molecular flexibility index (Phi) is 5.27. The van der Waals surface area contributed by atoms with Crippen molar-refractivity contribution in [2.75, 3.05) is 33.8 Å². The highest BCUT2D eigenvalue weighted by Crippen LogP contribution is 2.27. The van der Waals surface area contributed by atoms with E-state index in [1.54, 1.807) is 30.0 Å². The molecule has 6 nitrogen and oxygen atoms in total. The molecule has 1 aliphatic heterocycles. The third-order valence-electron chi connectivity index (χ3n) is 5.08. The molecule has 148 valence electrons. The minimum absolute atomic E-state index is 0.0238. The number of hydrogen-bond donors (Lipinski definition) is 0. The normalized spacial score (nSPS) is 16.6. The van der Waals surface area contributed by atoms with Gasteiger partial charge in [-0.2, -0.15) is 0 Å². The highest BCUT2D eigenvalue weighted by Gasteiger charge is 2.28. The Morgan fingerprint density at radius 2 is 1.79 bits per heavy atom. The number of aromatic nitrogens is 1. The monoisotopic (exact) mass is 389 g/mol. The molecule has 6 heteroatoms. The fourth-order valence-electron chi connectivity index (χ4n) is 3.55. The van der Waals surface area contributed by atoms with Gasteiger partial charge >= 0.3 is 0 Å². The number of fused-ring (bicyclic) bond motifs is 1. The second-order valence-corrected chi connectivity index (χ2v) is 7.29. The van der Waals surface area contributed by atoms with Gasteiger partial charge < -0.3 is 14.5 Å². The second-order valence-electron chi connectivity index (χ2n) is 7.29. The molecule has 0 bridgehead atoms. The summed E-state index contributed by atoms with van der Waals surface area (Å²) in [7, 11) is 3.46. The summed E-state index contributed by atoms with van der Waals surface area (Å²) in [4.78, 5) is 33.7. The number of pyridine rings is 1. The first-order chi connectivity index (χ1) is 14.0. The number of para-hydroxylation sites is 1. The van der Waals surface area contributed by atoms with E-state index < -0.39 is 0 Å². The van der Waals surface area contributed by atoms with Crippen molar-refractivity contribution in [3.8, 4) is 0 Å². The molecule has 1 atom stereocenters. The average Bonchev–Trinajstić information content (AvgIpc) is 2.78. The number of nitrogens with zero attached hydrogens (tertiary/aromatic N) is 3. The van der Waals surface area contributed by atoms with E-state index in [2.05, 4.69) is 0 Å². The van der Waals surface area contributed by atoms with Crippen LogP contribution in [0.2, 0.25) is 0 Å². The Morgan fingerprint density at radius 1 is 1.07 bits per heavy atom. The lowest BCUT2D eigenvalue weighted by Gasteiger charge is -2.33. The molecule has 1 saturated heterocycles. The van der Waals surface area contributed by atoms with E-state index in [-0.39, 0.29) is 17.9 Å². The lowest BCUT2D eigenvalue weighted by atomic mass is 10.0. The van der Waals surface area contributed by atoms with Crippen LogP contribution in [0, 0.1) is 0 Å². The van der Waals surface area contributed by atoms with Crippen molar-refractivity contribution in [1.29, 1.82) is 0 Å². The van der Waals surface area contributed by atoms with Gasteiger partial charge in [-0.1, -0.05) is 36.4 Å². The topological polar surface area (TPSA) is 62.7 Å². The highest BCUT2D eigenvalue weighted by atomic mass is 16.5. The van der Waals surface area contributed by atoms with Crippen LogP contribution in [0.3, 0.4) is 0 Å². The first kappa shape index (κ1) is 19.1. The van der Waals surface area contributed by atoms with Crippen LogP contribution in [0.5, 0.6) is 0 Å². The van der Waals surface area contributed by atoms with Crippen LogP contribution in [-0.2, 0) is 4.74 Å². The van der Waals surface area contributed by atoms with Crippen LogP contribution in [0.25, 0.3) is 10.9 Å². The summed E-state index contributed by atoms with van der Waals surface area (Å²) in [6, 6.07) is 18.6. The van der Waals surface area contributed by atoms with Gasteiger partial charge in [0.2, 0.25) is 0 Å². The molecular weight excluding hydrogens is 366 g/mol. The number of ether oxygens (including phenoxy) is 1. The van der Waals surface area contributed by atoms with Crippen molar-refractivity contribution >= 4 is 22.7 Å². The molecule has 0 aliphatic carbocycles. The maximum Gasteiger partial charge on any atom is 0.254 e. The summed E-state index contributed by atoms with van der Waals surface area (Å²) < 4.78 is 5.94. The van der Waals surface area contributed by atoms with Gasteiger partial charge in [0.05, 0.1) is 29.9 Å². The van der Waals surface area contributed by atoms with Gasteiger partial charge in [0, 0.05) is 31.6 Å². The number of carbonyl (C=O) groups excluding carboxylic acids is 2. The van der Waals surface area contributed by atoms with Crippen molar-refractivity contribution in [2.45, 2.75) is 6.10 Å². The zero-order valence-corrected chi connectivity index (χ0v) is 16.5. The lowest BCUT2D eigenvalue weighted by Crippen LogP contribution is -2.42. The van der Waals surface area contributed by atoms with Crippen LogP contribution in [0.15, 0.2) is 60.7 Å². The van der Waals surface area contributed by atoms with Crippen molar-refractivity contribution in [1.82, 2.24) is 14.8 Å². The average molecular weight is 389 g/mol. The fourth-order valence-corrected chi connectivity index (χ4v) is 3.55. The quantitative estimate of drug-likeness (QED) is 0.690. The van der Waals surface area contributed by atoms with E-state index in [1.807, 2.05) is 54.6 Å². The van der Waals surface area contributed by atoms with Gasteiger partial charge in [-0.3, -0.25) is 9.59 Å². The van der Waals surface area contributed by atoms with E-state index in [1.165, 1.54) is 0 Å². The molecular formula is C23H23N3O3. The van der Waals surface area contributed by atoms with Gasteiger partial charge in [-0.05, 0) is 24.3 Å². The third kappa shape index (κ3) is 3.84. The van der Waals surface area contributed by atoms with Crippen LogP contribution < -0.4 is 0 Å². The lowest BCUT2D eigenvalue weighted by molar-refractivity contribution is -0.0246. The molecule has 2 amide bonds. The predicted molar refractivity (Wildman–Crippen MR) is 111 cm³/mol. The molecule has 1 fully saturated rings. The summed E-state index contributed by atoms with van der Waals surface area (Å²) in [6.07, 6.45) is -0.380. The van der Waals surface area contributed by atoms with E-state index >= 15 is 0 Å². The molecule has 0 N–H and O–H groups in total. The molecule has 2 aromatic carbocycles. The van der Waals surface area contributed by atoms with Gasteiger partial charge in [0.25, 0.3) is 11.8 Å². The molecule has 0 saturated carbocycles. The summed E-state index contributed by atoms with van der Waals surface area (Å²) in [5.74, 6) is -0.109. The Labute approximate surface area is 169 Å². The number of amides is 2.